The van der Waals surface area contributed by atoms with Gasteiger partial charge in [-0.2, -0.15) is 0 Å². The molecule has 64 heavy (non-hydrogen) atoms. The third kappa shape index (κ3) is 5.51. The Hall–Kier alpha value is -7.98. The Balaban J connectivity index is 1.00. The summed E-state index contributed by atoms with van der Waals surface area (Å²) in [6, 6.07) is 86.6. The Morgan fingerprint density at radius 1 is 0.375 bits per heavy atom. The van der Waals surface area contributed by atoms with Crippen molar-refractivity contribution in [2.75, 3.05) is 4.90 Å². The van der Waals surface area contributed by atoms with Crippen molar-refractivity contribution in [2.24, 2.45) is 0 Å². The first-order chi connectivity index (χ1) is 31.7. The number of nitrogens with zero attached hydrogens (tertiary/aromatic N) is 1. The first-order valence-corrected chi connectivity index (χ1v) is 22.7. The lowest BCUT2D eigenvalue weighted by Gasteiger charge is -2.34. The summed E-state index contributed by atoms with van der Waals surface area (Å²) in [5, 5.41) is 4.83. The maximum absolute atomic E-state index is 6.16. The molecule has 2 aromatic heterocycles. The quantitative estimate of drug-likeness (QED) is 0.159. The zero-order valence-corrected chi connectivity index (χ0v) is 35.6. The number of para-hydroxylation sites is 1. The maximum atomic E-state index is 6.16. The van der Waals surface area contributed by atoms with E-state index in [1.165, 1.54) is 75.9 Å². The normalized spacial score (nSPS) is 12.8. The van der Waals surface area contributed by atoms with Crippen LogP contribution in [0.1, 0.15) is 22.3 Å². The van der Waals surface area contributed by atoms with Crippen LogP contribution in [0.3, 0.4) is 0 Å². The molecular weight excluding hydrogens is 795 g/mol. The second-order valence-corrected chi connectivity index (χ2v) is 17.8. The van der Waals surface area contributed by atoms with E-state index in [9.17, 15) is 0 Å². The van der Waals surface area contributed by atoms with Gasteiger partial charge in [0.1, 0.15) is 11.2 Å². The zero-order valence-electron chi connectivity index (χ0n) is 34.8. The Labute approximate surface area is 375 Å². The molecule has 0 radical (unpaired) electrons. The molecule has 2 nitrogen and oxygen atoms in total. The van der Waals surface area contributed by atoms with Crippen molar-refractivity contribution >= 4 is 70.5 Å². The van der Waals surface area contributed by atoms with E-state index in [1.807, 2.05) is 23.5 Å². The van der Waals surface area contributed by atoms with Crippen molar-refractivity contribution in [3.8, 4) is 33.4 Å². The Kier molecular flexibility index (Phi) is 8.34. The highest BCUT2D eigenvalue weighted by atomic mass is 32.1. The molecule has 0 bridgehead atoms. The SMILES string of the molecule is c1ccc(C2(c3ccccc3)c3ccccc3-c3c(N(c4ccc(-c5cccc(-c6ccc7oc8ccccc8c7c6)c5)cc4)c4cccc5c4sc4ccccc45)cccc32)cc1. The van der Waals surface area contributed by atoms with Gasteiger partial charge >= 0.3 is 0 Å². The fourth-order valence-electron chi connectivity index (χ4n) is 10.6. The summed E-state index contributed by atoms with van der Waals surface area (Å²) >= 11 is 1.87. The van der Waals surface area contributed by atoms with Crippen LogP contribution in [0, 0.1) is 0 Å². The van der Waals surface area contributed by atoms with E-state index in [-0.39, 0.29) is 0 Å². The van der Waals surface area contributed by atoms with Gasteiger partial charge in [0.05, 0.1) is 21.5 Å². The number of anilines is 3. The molecule has 1 aliphatic carbocycles. The van der Waals surface area contributed by atoms with Crippen LogP contribution >= 0.6 is 11.3 Å². The van der Waals surface area contributed by atoms with E-state index >= 15 is 0 Å². The van der Waals surface area contributed by atoms with Crippen molar-refractivity contribution < 1.29 is 4.42 Å². The van der Waals surface area contributed by atoms with E-state index in [0.29, 0.717) is 0 Å². The second kappa shape index (κ2) is 14.6. The van der Waals surface area contributed by atoms with Gasteiger partial charge < -0.3 is 9.32 Å². The van der Waals surface area contributed by atoms with Crippen LogP contribution in [0.4, 0.5) is 17.1 Å². The number of benzene rings is 10. The standard InChI is InChI=1S/C61H39NOS/c1-3-18-44(19-4-1)61(45-20-5-2-6-21-45)52-26-10-7-24-50(52)59-53(61)27-15-28-54(59)62(55-29-14-25-49-48-23-9-12-31-58(48)64-60(49)55)46-35-32-40(33-36-46)41-16-13-17-42(38-41)43-34-37-57-51(39-43)47-22-8-11-30-56(47)63-57/h1-39H. The molecule has 0 fully saturated rings. The minimum absolute atomic E-state index is 0.510. The van der Waals surface area contributed by atoms with Crippen molar-refractivity contribution in [1.82, 2.24) is 0 Å². The number of furan rings is 1. The molecule has 300 valence electrons. The minimum atomic E-state index is -0.510. The van der Waals surface area contributed by atoms with Gasteiger partial charge in [-0.3, -0.25) is 0 Å². The topological polar surface area (TPSA) is 16.4 Å². The summed E-state index contributed by atoms with van der Waals surface area (Å²) in [6.45, 7) is 0. The van der Waals surface area contributed by atoms with Gasteiger partial charge in [-0.1, -0.05) is 182 Å². The molecule has 1 aliphatic rings. The maximum Gasteiger partial charge on any atom is 0.135 e. The van der Waals surface area contributed by atoms with Crippen molar-refractivity contribution in [3.63, 3.8) is 0 Å². The summed E-state index contributed by atoms with van der Waals surface area (Å²) < 4.78 is 8.71. The van der Waals surface area contributed by atoms with Crippen LogP contribution in [-0.2, 0) is 5.41 Å². The third-order valence-corrected chi connectivity index (χ3v) is 14.6. The van der Waals surface area contributed by atoms with Gasteiger partial charge in [0.15, 0.2) is 0 Å². The monoisotopic (exact) mass is 833 g/mol. The third-order valence-electron chi connectivity index (χ3n) is 13.4. The van der Waals surface area contributed by atoms with Crippen molar-refractivity contribution in [1.29, 1.82) is 0 Å². The molecule has 0 saturated carbocycles. The number of fused-ring (bicyclic) bond motifs is 9. The molecular formula is C61H39NOS. The van der Waals surface area contributed by atoms with Gasteiger partial charge in [-0.15, -0.1) is 11.3 Å². The Morgan fingerprint density at radius 2 is 0.953 bits per heavy atom. The van der Waals surface area contributed by atoms with E-state index in [1.54, 1.807) is 0 Å². The fraction of sp³-hybridized carbons (Fsp3) is 0.0164. The molecule has 0 spiro atoms. The molecule has 2 heterocycles. The molecule has 0 saturated heterocycles. The highest BCUT2D eigenvalue weighted by Crippen LogP contribution is 2.60. The predicted octanol–water partition coefficient (Wildman–Crippen LogP) is 17.1. The van der Waals surface area contributed by atoms with Crippen LogP contribution in [-0.4, -0.2) is 0 Å². The fourth-order valence-corrected chi connectivity index (χ4v) is 11.8. The first-order valence-electron chi connectivity index (χ1n) is 21.9. The predicted molar refractivity (Wildman–Crippen MR) is 269 cm³/mol. The van der Waals surface area contributed by atoms with Crippen LogP contribution in [0.25, 0.3) is 75.5 Å². The van der Waals surface area contributed by atoms with Crippen LogP contribution in [0.5, 0.6) is 0 Å². The summed E-state index contributed by atoms with van der Waals surface area (Å²) in [4.78, 5) is 2.52. The first kappa shape index (κ1) is 36.7. The summed E-state index contributed by atoms with van der Waals surface area (Å²) in [6.07, 6.45) is 0. The van der Waals surface area contributed by atoms with E-state index in [0.717, 1.165) is 38.9 Å². The van der Waals surface area contributed by atoms with Gasteiger partial charge in [-0.25, -0.2) is 0 Å². The average molecular weight is 834 g/mol. The zero-order chi connectivity index (χ0) is 42.2. The minimum Gasteiger partial charge on any atom is -0.456 e. The smallest absolute Gasteiger partial charge is 0.135 e. The molecule has 0 N–H and O–H groups in total. The van der Waals surface area contributed by atoms with E-state index in [2.05, 4.69) is 229 Å². The molecule has 12 aromatic rings. The second-order valence-electron chi connectivity index (χ2n) is 16.8. The number of hydrogen-bond acceptors (Lipinski definition) is 3. The molecule has 13 rings (SSSR count). The highest BCUT2D eigenvalue weighted by molar-refractivity contribution is 7.26. The number of hydrogen-bond donors (Lipinski definition) is 0. The molecule has 0 amide bonds. The number of thiophene rings is 1. The summed E-state index contributed by atoms with van der Waals surface area (Å²) in [5.41, 5.74) is 17.0. The van der Waals surface area contributed by atoms with Crippen LogP contribution in [0.15, 0.2) is 241 Å². The average Bonchev–Trinajstić information content (AvgIpc) is 4.04. The largest absolute Gasteiger partial charge is 0.456 e. The molecule has 0 unspecified atom stereocenters. The van der Waals surface area contributed by atoms with Crippen molar-refractivity contribution in [3.05, 3.63) is 259 Å². The van der Waals surface area contributed by atoms with Gasteiger partial charge in [0.2, 0.25) is 0 Å². The number of rotatable bonds is 7. The summed E-state index contributed by atoms with van der Waals surface area (Å²) in [5.74, 6) is 0. The van der Waals surface area contributed by atoms with Gasteiger partial charge in [-0.05, 0) is 105 Å². The van der Waals surface area contributed by atoms with Crippen LogP contribution < -0.4 is 4.90 Å². The molecule has 0 aliphatic heterocycles. The highest BCUT2D eigenvalue weighted by Gasteiger charge is 2.47. The van der Waals surface area contributed by atoms with Gasteiger partial charge in [0.25, 0.3) is 0 Å². The molecule has 10 aromatic carbocycles. The lowest BCUT2D eigenvalue weighted by Crippen LogP contribution is -2.28. The Morgan fingerprint density at radius 3 is 1.77 bits per heavy atom. The van der Waals surface area contributed by atoms with E-state index in [4.69, 9.17) is 4.42 Å². The van der Waals surface area contributed by atoms with Crippen molar-refractivity contribution in [2.45, 2.75) is 5.41 Å². The lowest BCUT2D eigenvalue weighted by atomic mass is 9.68. The van der Waals surface area contributed by atoms with Crippen LogP contribution in [0.2, 0.25) is 0 Å². The Bertz CT molecular complexity index is 3690. The van der Waals surface area contributed by atoms with E-state index < -0.39 is 5.41 Å². The summed E-state index contributed by atoms with van der Waals surface area (Å²) in [7, 11) is 0. The lowest BCUT2D eigenvalue weighted by molar-refractivity contribution is 0.669. The molecule has 0 atom stereocenters. The van der Waals surface area contributed by atoms with Gasteiger partial charge in [0, 0.05) is 37.5 Å². The molecule has 3 heteroatoms.